The van der Waals surface area contributed by atoms with Gasteiger partial charge in [-0.05, 0) is 31.7 Å². The van der Waals surface area contributed by atoms with Crippen molar-refractivity contribution < 1.29 is 0 Å². The molecule has 2 aromatic rings. The average molecular weight is 470 g/mol. The molecule has 6 nitrogen and oxygen atoms in total. The number of hydrogen-bond acceptors (Lipinski definition) is 3. The minimum absolute atomic E-state index is 0. The molecule has 1 aromatic heterocycles. The van der Waals surface area contributed by atoms with Gasteiger partial charge in [0.25, 0.3) is 0 Å². The molecule has 0 saturated heterocycles. The predicted octanol–water partition coefficient (Wildman–Crippen LogP) is 3.21. The largest absolute Gasteiger partial charge is 0.356 e. The predicted molar refractivity (Wildman–Crippen MR) is 118 cm³/mol. The molecular formula is C19H31IN6. The van der Waals surface area contributed by atoms with E-state index < -0.39 is 0 Å². The third kappa shape index (κ3) is 7.72. The Hall–Kier alpha value is -1.64. The lowest BCUT2D eigenvalue weighted by Gasteiger charge is -2.12. The minimum atomic E-state index is 0. The third-order valence-corrected chi connectivity index (χ3v) is 4.16. The van der Waals surface area contributed by atoms with Crippen LogP contribution in [0.2, 0.25) is 0 Å². The third-order valence-electron chi connectivity index (χ3n) is 4.16. The fourth-order valence-electron chi connectivity index (χ4n) is 2.44. The van der Waals surface area contributed by atoms with Crippen LogP contribution >= 0.6 is 24.0 Å². The highest BCUT2D eigenvalue weighted by molar-refractivity contribution is 14.0. The number of nitrogens with zero attached hydrogens (tertiary/aromatic N) is 4. The van der Waals surface area contributed by atoms with Crippen LogP contribution in [0, 0.1) is 6.92 Å². The molecule has 144 valence electrons. The van der Waals surface area contributed by atoms with Crippen LogP contribution in [0.15, 0.2) is 35.3 Å². The van der Waals surface area contributed by atoms with Gasteiger partial charge in [-0.2, -0.15) is 0 Å². The summed E-state index contributed by atoms with van der Waals surface area (Å²) in [7, 11) is 1.97. The molecule has 0 unspecified atom stereocenters. The average Bonchev–Trinajstić information content (AvgIpc) is 2.95. The maximum Gasteiger partial charge on any atom is 0.191 e. The van der Waals surface area contributed by atoms with Gasteiger partial charge in [0.2, 0.25) is 0 Å². The first-order chi connectivity index (χ1) is 12.2. The van der Waals surface area contributed by atoms with Gasteiger partial charge in [0.1, 0.15) is 12.4 Å². The number of aliphatic imine (C=N–C) groups is 1. The van der Waals surface area contributed by atoms with Gasteiger partial charge in [-0.1, -0.05) is 43.7 Å². The topological polar surface area (TPSA) is 67.1 Å². The second kappa shape index (κ2) is 12.7. The van der Waals surface area contributed by atoms with Crippen molar-refractivity contribution in [2.75, 3.05) is 13.1 Å². The van der Waals surface area contributed by atoms with Gasteiger partial charge in [0, 0.05) is 20.1 Å². The van der Waals surface area contributed by atoms with E-state index in [1.54, 1.807) is 0 Å². The molecule has 0 fully saturated rings. The van der Waals surface area contributed by atoms with E-state index >= 15 is 0 Å². The van der Waals surface area contributed by atoms with Gasteiger partial charge >= 0.3 is 0 Å². The summed E-state index contributed by atoms with van der Waals surface area (Å²) in [4.78, 5) is 4.66. The van der Waals surface area contributed by atoms with Crippen LogP contribution in [0.3, 0.4) is 0 Å². The number of guanidine groups is 1. The maximum atomic E-state index is 4.66. The zero-order chi connectivity index (χ0) is 17.9. The first-order valence-corrected chi connectivity index (χ1v) is 9.11. The van der Waals surface area contributed by atoms with Crippen LogP contribution in [-0.2, 0) is 20.0 Å². The smallest absolute Gasteiger partial charge is 0.191 e. The molecule has 0 aliphatic heterocycles. The Kier molecular flexibility index (Phi) is 10.9. The number of benzene rings is 1. The van der Waals surface area contributed by atoms with E-state index in [9.17, 15) is 0 Å². The number of unbranched alkanes of at least 4 members (excludes halogenated alkanes) is 1. The van der Waals surface area contributed by atoms with Crippen molar-refractivity contribution in [2.24, 2.45) is 12.0 Å². The van der Waals surface area contributed by atoms with E-state index in [0.717, 1.165) is 56.4 Å². The molecule has 0 aliphatic rings. The van der Waals surface area contributed by atoms with Gasteiger partial charge in [-0.15, -0.1) is 34.2 Å². The van der Waals surface area contributed by atoms with Crippen LogP contribution in [0.1, 0.15) is 43.4 Å². The van der Waals surface area contributed by atoms with Crippen molar-refractivity contribution >= 4 is 29.9 Å². The monoisotopic (exact) mass is 470 g/mol. The molecule has 2 N–H and O–H groups in total. The highest BCUT2D eigenvalue weighted by Gasteiger charge is 2.05. The van der Waals surface area contributed by atoms with E-state index in [-0.39, 0.29) is 24.0 Å². The molecule has 0 amide bonds. The summed E-state index contributed by atoms with van der Waals surface area (Å²) in [6, 6.07) is 10.6. The van der Waals surface area contributed by atoms with Crippen molar-refractivity contribution in [2.45, 2.75) is 46.1 Å². The molecule has 2 rings (SSSR count). The number of aromatic nitrogens is 3. The van der Waals surface area contributed by atoms with E-state index in [0.29, 0.717) is 6.54 Å². The van der Waals surface area contributed by atoms with E-state index in [4.69, 9.17) is 0 Å². The Bertz CT molecular complexity index is 653. The fraction of sp³-hybridized carbons (Fsp3) is 0.526. The van der Waals surface area contributed by atoms with Gasteiger partial charge in [0.05, 0.1) is 0 Å². The molecule has 0 bridgehead atoms. The maximum absolute atomic E-state index is 4.66. The summed E-state index contributed by atoms with van der Waals surface area (Å²) < 4.78 is 1.97. The highest BCUT2D eigenvalue weighted by Crippen LogP contribution is 2.02. The Labute approximate surface area is 173 Å². The van der Waals surface area contributed by atoms with Crippen molar-refractivity contribution in [1.82, 2.24) is 25.4 Å². The first-order valence-electron chi connectivity index (χ1n) is 9.11. The molecule has 0 saturated carbocycles. The van der Waals surface area contributed by atoms with Crippen LogP contribution < -0.4 is 10.6 Å². The van der Waals surface area contributed by atoms with Crippen LogP contribution in [-0.4, -0.2) is 33.8 Å². The van der Waals surface area contributed by atoms with Crippen molar-refractivity contribution in [1.29, 1.82) is 0 Å². The highest BCUT2D eigenvalue weighted by atomic mass is 127. The first kappa shape index (κ1) is 22.4. The van der Waals surface area contributed by atoms with Gasteiger partial charge in [-0.3, -0.25) is 0 Å². The van der Waals surface area contributed by atoms with Crippen molar-refractivity contribution in [3.8, 4) is 0 Å². The molecule has 0 aliphatic carbocycles. The summed E-state index contributed by atoms with van der Waals surface area (Å²) >= 11 is 0. The molecule has 0 atom stereocenters. The Balaban J connectivity index is 0.00000338. The lowest BCUT2D eigenvalue weighted by molar-refractivity contribution is 0.700. The second-order valence-electron chi connectivity index (χ2n) is 6.18. The van der Waals surface area contributed by atoms with Gasteiger partial charge < -0.3 is 15.2 Å². The zero-order valence-electron chi connectivity index (χ0n) is 16.0. The molecular weight excluding hydrogens is 439 g/mol. The lowest BCUT2D eigenvalue weighted by atomic mass is 10.1. The molecule has 0 radical (unpaired) electrons. The van der Waals surface area contributed by atoms with Gasteiger partial charge in [0.15, 0.2) is 11.8 Å². The summed E-state index contributed by atoms with van der Waals surface area (Å²) in [5.74, 6) is 2.63. The Morgan fingerprint density at radius 3 is 2.38 bits per heavy atom. The quantitative estimate of drug-likeness (QED) is 0.256. The van der Waals surface area contributed by atoms with Crippen molar-refractivity contribution in [3.63, 3.8) is 0 Å². The second-order valence-corrected chi connectivity index (χ2v) is 6.18. The normalized spacial score (nSPS) is 11.1. The molecule has 1 aromatic carbocycles. The van der Waals surface area contributed by atoms with Crippen LogP contribution in [0.25, 0.3) is 0 Å². The summed E-state index contributed by atoms with van der Waals surface area (Å²) in [6.07, 6.45) is 4.44. The Morgan fingerprint density at radius 1 is 1.08 bits per heavy atom. The molecule has 0 spiro atoms. The lowest BCUT2D eigenvalue weighted by Crippen LogP contribution is -2.38. The van der Waals surface area contributed by atoms with E-state index in [2.05, 4.69) is 63.1 Å². The van der Waals surface area contributed by atoms with E-state index in [1.807, 2.05) is 18.5 Å². The number of halogens is 1. The zero-order valence-corrected chi connectivity index (χ0v) is 18.4. The minimum Gasteiger partial charge on any atom is -0.356 e. The Morgan fingerprint density at radius 2 is 1.77 bits per heavy atom. The molecule has 26 heavy (non-hydrogen) atoms. The van der Waals surface area contributed by atoms with Crippen LogP contribution in [0.5, 0.6) is 0 Å². The fourth-order valence-corrected chi connectivity index (χ4v) is 2.44. The summed E-state index contributed by atoms with van der Waals surface area (Å²) in [5, 5.41) is 15.1. The van der Waals surface area contributed by atoms with Crippen molar-refractivity contribution in [3.05, 3.63) is 47.5 Å². The van der Waals surface area contributed by atoms with E-state index in [1.165, 1.54) is 5.56 Å². The number of hydrogen-bond donors (Lipinski definition) is 2. The summed E-state index contributed by atoms with van der Waals surface area (Å²) in [6.45, 7) is 6.48. The van der Waals surface area contributed by atoms with Gasteiger partial charge in [-0.25, -0.2) is 4.99 Å². The molecule has 1 heterocycles. The summed E-state index contributed by atoms with van der Waals surface area (Å²) in [5.41, 5.74) is 1.37. The number of aryl methyl sites for hydroxylation is 2. The standard InChI is InChI=1S/C19H30N6.HI/c1-4-5-13-20-19(22-15-18-24-23-16(2)25(18)3)21-14-9-12-17-10-7-6-8-11-17;/h6-8,10-11H,4-5,9,12-15H2,1-3H3,(H2,20,21,22);1H. The van der Waals surface area contributed by atoms with Crippen LogP contribution in [0.4, 0.5) is 0 Å². The molecule has 7 heteroatoms. The SMILES string of the molecule is CCCCNC(=NCc1nnc(C)n1C)NCCCc1ccccc1.I. The number of nitrogens with one attached hydrogen (secondary N) is 2. The number of rotatable bonds is 9.